The predicted octanol–water partition coefficient (Wildman–Crippen LogP) is 1.28. The Balaban J connectivity index is 2.34. The minimum atomic E-state index is -1.01. The van der Waals surface area contributed by atoms with Gasteiger partial charge in [0.15, 0.2) is 0 Å². The van der Waals surface area contributed by atoms with Gasteiger partial charge in [0.05, 0.1) is 0 Å². The van der Waals surface area contributed by atoms with Crippen LogP contribution >= 0.6 is 0 Å². The normalized spacial score (nSPS) is 18.7. The summed E-state index contributed by atoms with van der Waals surface area (Å²) in [6.45, 7) is 0.739. The number of rotatable bonds is 4. The summed E-state index contributed by atoms with van der Waals surface area (Å²) in [5.74, 6) is -0.386. The number of hydrogen-bond acceptors (Lipinski definition) is 4. The van der Waals surface area contributed by atoms with Gasteiger partial charge in [-0.3, -0.25) is 4.79 Å². The Labute approximate surface area is 123 Å². The van der Waals surface area contributed by atoms with E-state index in [9.17, 15) is 9.59 Å². The molecule has 1 fully saturated rings. The fourth-order valence-electron chi connectivity index (χ4n) is 2.56. The first-order chi connectivity index (χ1) is 10.1. The zero-order valence-electron chi connectivity index (χ0n) is 12.0. The first-order valence-corrected chi connectivity index (χ1v) is 6.97. The standard InChI is InChI=1S/C15H19N3O3/c1-16-15(21)12-6-2-3-10-18(12)14-11(5-4-9-17-14)7-8-13(19)20/h4-5,7-9,12H,2-3,6,10H2,1H3,(H,16,21)(H,19,20)/b8-7+. The van der Waals surface area contributed by atoms with Gasteiger partial charge in [-0.2, -0.15) is 0 Å². The molecule has 2 heterocycles. The Morgan fingerprint density at radius 3 is 3.00 bits per heavy atom. The van der Waals surface area contributed by atoms with Crippen LogP contribution in [0.15, 0.2) is 24.4 Å². The van der Waals surface area contributed by atoms with Crippen LogP contribution in [0, 0.1) is 0 Å². The lowest BCUT2D eigenvalue weighted by atomic mass is 10.0. The second-order valence-electron chi connectivity index (χ2n) is 4.91. The van der Waals surface area contributed by atoms with E-state index in [-0.39, 0.29) is 11.9 Å². The van der Waals surface area contributed by atoms with Gasteiger partial charge >= 0.3 is 5.97 Å². The minimum Gasteiger partial charge on any atom is -0.478 e. The number of piperidine rings is 1. The van der Waals surface area contributed by atoms with Crippen molar-refractivity contribution >= 4 is 23.8 Å². The number of amides is 1. The number of nitrogens with one attached hydrogen (secondary N) is 1. The van der Waals surface area contributed by atoms with Gasteiger partial charge in [0.1, 0.15) is 11.9 Å². The topological polar surface area (TPSA) is 82.5 Å². The molecule has 1 saturated heterocycles. The molecule has 1 aliphatic rings. The number of hydrogen-bond donors (Lipinski definition) is 2. The lowest BCUT2D eigenvalue weighted by Crippen LogP contribution is -2.49. The highest BCUT2D eigenvalue weighted by Gasteiger charge is 2.29. The van der Waals surface area contributed by atoms with Gasteiger partial charge in [-0.15, -0.1) is 0 Å². The average Bonchev–Trinajstić information content (AvgIpc) is 2.52. The maximum atomic E-state index is 12.0. The molecule has 2 N–H and O–H groups in total. The number of likely N-dealkylation sites (N-methyl/N-ethyl adjacent to an activating group) is 1. The summed E-state index contributed by atoms with van der Waals surface area (Å²) < 4.78 is 0. The van der Waals surface area contributed by atoms with Gasteiger partial charge in [0.2, 0.25) is 5.91 Å². The third-order valence-electron chi connectivity index (χ3n) is 3.55. The van der Waals surface area contributed by atoms with Crippen LogP contribution in [-0.2, 0) is 9.59 Å². The van der Waals surface area contributed by atoms with Crippen LogP contribution < -0.4 is 10.2 Å². The molecule has 2 rings (SSSR count). The monoisotopic (exact) mass is 289 g/mol. The molecule has 21 heavy (non-hydrogen) atoms. The van der Waals surface area contributed by atoms with Crippen molar-refractivity contribution in [3.8, 4) is 0 Å². The Bertz CT molecular complexity index is 557. The van der Waals surface area contributed by atoms with E-state index in [1.165, 1.54) is 6.08 Å². The summed E-state index contributed by atoms with van der Waals surface area (Å²) in [5.41, 5.74) is 0.704. The van der Waals surface area contributed by atoms with Gasteiger partial charge in [-0.05, 0) is 37.5 Å². The number of carboxylic acids is 1. The second kappa shape index (κ2) is 6.88. The highest BCUT2D eigenvalue weighted by molar-refractivity contribution is 5.88. The Hall–Kier alpha value is -2.37. The van der Waals surface area contributed by atoms with Gasteiger partial charge in [0, 0.05) is 31.4 Å². The largest absolute Gasteiger partial charge is 0.478 e. The molecule has 6 heteroatoms. The maximum absolute atomic E-state index is 12.0. The number of pyridine rings is 1. The molecule has 0 spiro atoms. The molecule has 1 aliphatic heterocycles. The van der Waals surface area contributed by atoms with E-state index in [1.807, 2.05) is 4.90 Å². The van der Waals surface area contributed by atoms with E-state index < -0.39 is 5.97 Å². The number of aromatic nitrogens is 1. The van der Waals surface area contributed by atoms with Crippen molar-refractivity contribution in [1.82, 2.24) is 10.3 Å². The lowest BCUT2D eigenvalue weighted by Gasteiger charge is -2.36. The minimum absolute atomic E-state index is 0.0338. The summed E-state index contributed by atoms with van der Waals surface area (Å²) in [6, 6.07) is 3.30. The summed E-state index contributed by atoms with van der Waals surface area (Å²) >= 11 is 0. The quantitative estimate of drug-likeness (QED) is 0.816. The van der Waals surface area contributed by atoms with E-state index in [1.54, 1.807) is 25.4 Å². The zero-order valence-corrected chi connectivity index (χ0v) is 12.0. The van der Waals surface area contributed by atoms with E-state index in [0.29, 0.717) is 11.4 Å². The van der Waals surface area contributed by atoms with Crippen LogP contribution in [0.3, 0.4) is 0 Å². The third kappa shape index (κ3) is 3.59. The van der Waals surface area contributed by atoms with Gasteiger partial charge < -0.3 is 15.3 Å². The second-order valence-corrected chi connectivity index (χ2v) is 4.91. The molecule has 1 atom stereocenters. The van der Waals surface area contributed by atoms with Gasteiger partial charge in [-0.1, -0.05) is 0 Å². The SMILES string of the molecule is CNC(=O)C1CCCCN1c1ncccc1/C=C/C(=O)O. The first kappa shape index (κ1) is 15.0. The Kier molecular flexibility index (Phi) is 4.92. The number of carbonyl (C=O) groups excluding carboxylic acids is 1. The molecule has 1 aromatic heterocycles. The lowest BCUT2D eigenvalue weighted by molar-refractivity contribution is -0.131. The first-order valence-electron chi connectivity index (χ1n) is 6.97. The summed E-state index contributed by atoms with van der Waals surface area (Å²) in [7, 11) is 1.62. The molecule has 6 nitrogen and oxygen atoms in total. The molecule has 1 amide bonds. The van der Waals surface area contributed by atoms with Crippen LogP contribution in [0.4, 0.5) is 5.82 Å². The molecule has 1 unspecified atom stereocenters. The van der Waals surface area contributed by atoms with Crippen molar-refractivity contribution in [2.45, 2.75) is 25.3 Å². The van der Waals surface area contributed by atoms with Crippen LogP contribution in [-0.4, -0.2) is 41.6 Å². The van der Waals surface area contributed by atoms with Gasteiger partial charge in [-0.25, -0.2) is 9.78 Å². The Morgan fingerprint density at radius 1 is 1.48 bits per heavy atom. The van der Waals surface area contributed by atoms with Crippen molar-refractivity contribution in [3.63, 3.8) is 0 Å². The van der Waals surface area contributed by atoms with Crippen molar-refractivity contribution in [2.24, 2.45) is 0 Å². The molecule has 112 valence electrons. The molecule has 0 saturated carbocycles. The number of nitrogens with zero attached hydrogens (tertiary/aromatic N) is 2. The van der Waals surface area contributed by atoms with Crippen molar-refractivity contribution in [2.75, 3.05) is 18.5 Å². The van der Waals surface area contributed by atoms with Gasteiger partial charge in [0.25, 0.3) is 0 Å². The van der Waals surface area contributed by atoms with Crippen LogP contribution in [0.1, 0.15) is 24.8 Å². The Morgan fingerprint density at radius 2 is 2.29 bits per heavy atom. The molecular weight excluding hydrogens is 270 g/mol. The fourth-order valence-corrected chi connectivity index (χ4v) is 2.56. The maximum Gasteiger partial charge on any atom is 0.328 e. The van der Waals surface area contributed by atoms with Crippen molar-refractivity contribution in [3.05, 3.63) is 30.0 Å². The third-order valence-corrected chi connectivity index (χ3v) is 3.55. The summed E-state index contributed by atoms with van der Waals surface area (Å²) in [5, 5.41) is 11.5. The van der Waals surface area contributed by atoms with E-state index in [4.69, 9.17) is 5.11 Å². The fraction of sp³-hybridized carbons (Fsp3) is 0.400. The van der Waals surface area contributed by atoms with E-state index in [0.717, 1.165) is 31.9 Å². The van der Waals surface area contributed by atoms with Crippen LogP contribution in [0.5, 0.6) is 0 Å². The number of aliphatic carboxylic acids is 1. The van der Waals surface area contributed by atoms with Crippen LogP contribution in [0.2, 0.25) is 0 Å². The summed E-state index contributed by atoms with van der Waals surface area (Å²) in [4.78, 5) is 29.0. The van der Waals surface area contributed by atoms with Crippen LogP contribution in [0.25, 0.3) is 6.08 Å². The smallest absolute Gasteiger partial charge is 0.328 e. The van der Waals surface area contributed by atoms with Crippen molar-refractivity contribution in [1.29, 1.82) is 0 Å². The highest BCUT2D eigenvalue weighted by Crippen LogP contribution is 2.26. The molecule has 0 aromatic carbocycles. The molecule has 1 aromatic rings. The number of carbonyl (C=O) groups is 2. The molecular formula is C15H19N3O3. The number of anilines is 1. The number of carboxylic acid groups (broad SMARTS) is 1. The molecule has 0 radical (unpaired) electrons. The molecule has 0 bridgehead atoms. The predicted molar refractivity (Wildman–Crippen MR) is 80.0 cm³/mol. The molecule has 0 aliphatic carbocycles. The van der Waals surface area contributed by atoms with E-state index >= 15 is 0 Å². The van der Waals surface area contributed by atoms with Crippen molar-refractivity contribution < 1.29 is 14.7 Å². The average molecular weight is 289 g/mol. The summed E-state index contributed by atoms with van der Waals surface area (Å²) in [6.07, 6.45) is 7.02. The highest BCUT2D eigenvalue weighted by atomic mass is 16.4. The van der Waals surface area contributed by atoms with E-state index in [2.05, 4.69) is 10.3 Å². The zero-order chi connectivity index (χ0) is 15.2.